The molecule has 3 aromatic carbocycles. The molecule has 0 saturated carbocycles. The fourth-order valence-corrected chi connectivity index (χ4v) is 2.36. The topological polar surface area (TPSA) is 27.3 Å². The van der Waals surface area contributed by atoms with Crippen LogP contribution < -0.4 is 15.5 Å². The van der Waals surface area contributed by atoms with Crippen LogP contribution >= 0.6 is 0 Å². The van der Waals surface area contributed by atoms with Gasteiger partial charge in [-0.3, -0.25) is 0 Å². The van der Waals surface area contributed by atoms with Crippen LogP contribution in [0.4, 0.5) is 17.1 Å². The lowest BCUT2D eigenvalue weighted by atomic mass is 10.3. The highest BCUT2D eigenvalue weighted by molar-refractivity contribution is 5.51. The number of nitrogens with zero attached hydrogens (tertiary/aromatic N) is 1. The second kappa shape index (κ2) is 7.90. The molecule has 3 rings (SSSR count). The Bertz CT molecular complexity index is 640. The third kappa shape index (κ3) is 4.51. The summed E-state index contributed by atoms with van der Waals surface area (Å²) in [5.41, 5.74) is 3.42. The van der Waals surface area contributed by atoms with E-state index in [1.54, 1.807) is 0 Å². The number of rotatable bonds is 7. The van der Waals surface area contributed by atoms with Crippen LogP contribution in [0, 0.1) is 0 Å². The number of nitrogens with one attached hydrogen (secondary N) is 2. The van der Waals surface area contributed by atoms with Crippen molar-refractivity contribution in [2.24, 2.45) is 0 Å². The van der Waals surface area contributed by atoms with Gasteiger partial charge in [0.1, 0.15) is 0 Å². The summed E-state index contributed by atoms with van der Waals surface area (Å²) >= 11 is 0. The van der Waals surface area contributed by atoms with Crippen molar-refractivity contribution in [3.05, 3.63) is 91.0 Å². The van der Waals surface area contributed by atoms with Crippen molar-refractivity contribution < 1.29 is 0 Å². The summed E-state index contributed by atoms with van der Waals surface area (Å²) in [5, 5.41) is 6.93. The van der Waals surface area contributed by atoms with Gasteiger partial charge in [0.2, 0.25) is 0 Å². The molecule has 0 bridgehead atoms. The quantitative estimate of drug-likeness (QED) is 0.623. The maximum absolute atomic E-state index is 3.47. The normalized spacial score (nSPS) is 10.1. The minimum Gasteiger partial charge on any atom is -0.368 e. The first-order chi connectivity index (χ1) is 11.4. The van der Waals surface area contributed by atoms with Crippen molar-refractivity contribution >= 4 is 17.1 Å². The lowest BCUT2D eigenvalue weighted by Crippen LogP contribution is -2.34. The van der Waals surface area contributed by atoms with E-state index < -0.39 is 0 Å². The molecular formula is C20H21N3. The first-order valence-corrected chi connectivity index (χ1v) is 7.80. The predicted octanol–water partition coefficient (Wildman–Crippen LogP) is 4.63. The maximum Gasteiger partial charge on any atom is 0.0893 e. The molecule has 23 heavy (non-hydrogen) atoms. The number of hydrogen-bond donors (Lipinski definition) is 2. The van der Waals surface area contributed by atoms with Crippen molar-refractivity contribution in [2.45, 2.75) is 0 Å². The molecule has 0 amide bonds. The van der Waals surface area contributed by atoms with Crippen molar-refractivity contribution in [3.8, 4) is 0 Å². The van der Waals surface area contributed by atoms with Crippen LogP contribution in [0.2, 0.25) is 0 Å². The summed E-state index contributed by atoms with van der Waals surface area (Å²) in [6, 6.07) is 30.9. The van der Waals surface area contributed by atoms with Gasteiger partial charge in [-0.2, -0.15) is 0 Å². The fraction of sp³-hybridized carbons (Fsp3) is 0.100. The summed E-state index contributed by atoms with van der Waals surface area (Å²) < 4.78 is 0. The summed E-state index contributed by atoms with van der Waals surface area (Å²) in [7, 11) is 0. The predicted molar refractivity (Wildman–Crippen MR) is 98.8 cm³/mol. The Labute approximate surface area is 137 Å². The molecule has 0 heterocycles. The molecule has 3 aromatic rings. The van der Waals surface area contributed by atoms with Gasteiger partial charge in [0.25, 0.3) is 0 Å². The smallest absolute Gasteiger partial charge is 0.0893 e. The molecular weight excluding hydrogens is 282 g/mol. The Balaban J connectivity index is 1.66. The van der Waals surface area contributed by atoms with E-state index in [0.717, 1.165) is 24.7 Å². The maximum atomic E-state index is 3.47. The van der Waals surface area contributed by atoms with Crippen molar-refractivity contribution in [1.82, 2.24) is 0 Å². The lowest BCUT2D eigenvalue weighted by molar-refractivity contribution is 0.882. The Hall–Kier alpha value is -2.94. The molecule has 0 radical (unpaired) electrons. The standard InChI is InChI=1S/C20H21N3/c1-4-10-18(11-5-1)21-16-23(20-14-8-3-9-15-20)17-22-19-12-6-2-7-13-19/h1-15,21-22H,16-17H2. The van der Waals surface area contributed by atoms with E-state index in [0.29, 0.717) is 0 Å². The molecule has 116 valence electrons. The Morgan fingerprint density at radius 1 is 0.522 bits per heavy atom. The van der Waals surface area contributed by atoms with Gasteiger partial charge in [0, 0.05) is 17.1 Å². The van der Waals surface area contributed by atoms with Crippen molar-refractivity contribution in [2.75, 3.05) is 28.9 Å². The number of anilines is 3. The van der Waals surface area contributed by atoms with Crippen molar-refractivity contribution in [1.29, 1.82) is 0 Å². The monoisotopic (exact) mass is 303 g/mol. The first-order valence-electron chi connectivity index (χ1n) is 7.80. The van der Waals surface area contributed by atoms with Gasteiger partial charge in [-0.05, 0) is 36.4 Å². The minimum absolute atomic E-state index is 0.730. The van der Waals surface area contributed by atoms with Crippen LogP contribution in [0.3, 0.4) is 0 Å². The lowest BCUT2D eigenvalue weighted by Gasteiger charge is -2.26. The second-order valence-corrected chi connectivity index (χ2v) is 5.28. The Kier molecular flexibility index (Phi) is 5.14. The summed E-state index contributed by atoms with van der Waals surface area (Å²) in [6.45, 7) is 1.46. The van der Waals surface area contributed by atoms with E-state index in [9.17, 15) is 0 Å². The van der Waals surface area contributed by atoms with Crippen LogP contribution in [-0.4, -0.2) is 13.3 Å². The molecule has 0 saturated heterocycles. The highest BCUT2D eigenvalue weighted by Gasteiger charge is 2.05. The molecule has 3 heteroatoms. The van der Waals surface area contributed by atoms with Gasteiger partial charge in [-0.25, -0.2) is 0 Å². The summed E-state index contributed by atoms with van der Waals surface area (Å²) in [6.07, 6.45) is 0. The van der Waals surface area contributed by atoms with E-state index in [4.69, 9.17) is 0 Å². The third-order valence-electron chi connectivity index (χ3n) is 3.62. The molecule has 0 aromatic heterocycles. The molecule has 0 fully saturated rings. The summed E-state index contributed by atoms with van der Waals surface area (Å²) in [4.78, 5) is 2.26. The SMILES string of the molecule is c1ccc(NCN(CNc2ccccc2)c2ccccc2)cc1. The molecule has 0 aliphatic rings. The van der Waals surface area contributed by atoms with E-state index in [2.05, 4.69) is 64.1 Å². The Morgan fingerprint density at radius 2 is 0.913 bits per heavy atom. The van der Waals surface area contributed by atoms with E-state index in [-0.39, 0.29) is 0 Å². The van der Waals surface area contributed by atoms with Crippen LogP contribution in [0.1, 0.15) is 0 Å². The third-order valence-corrected chi connectivity index (χ3v) is 3.62. The minimum atomic E-state index is 0.730. The van der Waals surface area contributed by atoms with Gasteiger partial charge in [0.05, 0.1) is 13.3 Å². The first kappa shape index (κ1) is 15.0. The molecule has 0 unspecified atom stereocenters. The van der Waals surface area contributed by atoms with E-state index in [1.807, 2.05) is 42.5 Å². The molecule has 0 aliphatic carbocycles. The molecule has 0 aliphatic heterocycles. The number of hydrogen-bond acceptors (Lipinski definition) is 3. The van der Waals surface area contributed by atoms with Gasteiger partial charge in [0.15, 0.2) is 0 Å². The average Bonchev–Trinajstić information content (AvgIpc) is 2.64. The average molecular weight is 303 g/mol. The van der Waals surface area contributed by atoms with Crippen LogP contribution in [0.25, 0.3) is 0 Å². The molecule has 2 N–H and O–H groups in total. The Morgan fingerprint density at radius 3 is 1.35 bits per heavy atom. The zero-order valence-electron chi connectivity index (χ0n) is 13.0. The number of para-hydroxylation sites is 3. The zero-order chi connectivity index (χ0) is 15.7. The fourth-order valence-electron chi connectivity index (χ4n) is 2.36. The second-order valence-electron chi connectivity index (χ2n) is 5.28. The largest absolute Gasteiger partial charge is 0.368 e. The van der Waals surface area contributed by atoms with Crippen LogP contribution in [0.15, 0.2) is 91.0 Å². The molecule has 0 spiro atoms. The molecule has 0 atom stereocenters. The van der Waals surface area contributed by atoms with E-state index in [1.165, 1.54) is 5.69 Å². The highest BCUT2D eigenvalue weighted by atomic mass is 15.3. The van der Waals surface area contributed by atoms with Crippen molar-refractivity contribution in [3.63, 3.8) is 0 Å². The summed E-state index contributed by atoms with van der Waals surface area (Å²) in [5.74, 6) is 0. The molecule has 3 nitrogen and oxygen atoms in total. The van der Waals surface area contributed by atoms with Gasteiger partial charge >= 0.3 is 0 Å². The zero-order valence-corrected chi connectivity index (χ0v) is 13.0. The van der Waals surface area contributed by atoms with E-state index >= 15 is 0 Å². The van der Waals surface area contributed by atoms with Gasteiger partial charge < -0.3 is 15.5 Å². The number of benzene rings is 3. The van der Waals surface area contributed by atoms with Gasteiger partial charge in [-0.15, -0.1) is 0 Å². The highest BCUT2D eigenvalue weighted by Crippen LogP contribution is 2.15. The van der Waals surface area contributed by atoms with Crippen LogP contribution in [0.5, 0.6) is 0 Å². The van der Waals surface area contributed by atoms with Gasteiger partial charge in [-0.1, -0.05) is 54.6 Å². The van der Waals surface area contributed by atoms with Crippen LogP contribution in [-0.2, 0) is 0 Å².